The molecule has 1 saturated carbocycles. The van der Waals surface area contributed by atoms with Crippen molar-refractivity contribution >= 4 is 23.3 Å². The van der Waals surface area contributed by atoms with Crippen molar-refractivity contribution < 1.29 is 5.11 Å². The number of rotatable bonds is 3. The van der Waals surface area contributed by atoms with E-state index in [1.54, 1.807) is 6.20 Å². The van der Waals surface area contributed by atoms with Gasteiger partial charge in [0.15, 0.2) is 11.0 Å². The van der Waals surface area contributed by atoms with Crippen molar-refractivity contribution in [2.75, 3.05) is 6.26 Å². The van der Waals surface area contributed by atoms with Crippen LogP contribution in [0.3, 0.4) is 0 Å². The third-order valence-corrected chi connectivity index (χ3v) is 3.97. The molecule has 1 heterocycles. The van der Waals surface area contributed by atoms with E-state index in [-0.39, 0.29) is 12.0 Å². The highest BCUT2D eigenvalue weighted by Crippen LogP contribution is 2.36. The van der Waals surface area contributed by atoms with Gasteiger partial charge in [0, 0.05) is 22.9 Å². The van der Waals surface area contributed by atoms with Crippen molar-refractivity contribution in [3.63, 3.8) is 0 Å². The second-order valence-electron chi connectivity index (χ2n) is 5.16. The molecular weight excluding hydrogens is 246 g/mol. The topological polar surface area (TPSA) is 58.4 Å². The molecule has 1 N–H and O–H groups in total. The van der Waals surface area contributed by atoms with Gasteiger partial charge in [-0.05, 0) is 25.5 Å². The van der Waals surface area contributed by atoms with Crippen LogP contribution in [-0.4, -0.2) is 27.0 Å². The summed E-state index contributed by atoms with van der Waals surface area (Å²) in [7, 11) is 0. The van der Waals surface area contributed by atoms with Crippen molar-refractivity contribution in [3.05, 3.63) is 11.8 Å². The van der Waals surface area contributed by atoms with Crippen LogP contribution in [0.2, 0.25) is 0 Å². The van der Waals surface area contributed by atoms with E-state index in [9.17, 15) is 5.11 Å². The lowest BCUT2D eigenvalue weighted by atomic mass is 9.90. The summed E-state index contributed by atoms with van der Waals surface area (Å²) in [5, 5.41) is 10.0. The van der Waals surface area contributed by atoms with Gasteiger partial charge >= 0.3 is 0 Å². The first kappa shape index (κ1) is 13.5. The SMILES string of the molecule is CSc1ncc(CO)c(/N=C2\CCCC2(C)C)n1. The molecule has 0 atom stereocenters. The molecule has 98 valence electrons. The lowest BCUT2D eigenvalue weighted by Gasteiger charge is -2.18. The molecule has 0 saturated heterocycles. The molecule has 0 amide bonds. The van der Waals surface area contributed by atoms with Gasteiger partial charge in [-0.2, -0.15) is 0 Å². The average Bonchev–Trinajstić information content (AvgIpc) is 2.68. The molecule has 5 heteroatoms. The van der Waals surface area contributed by atoms with E-state index in [1.165, 1.54) is 30.3 Å². The normalized spacial score (nSPS) is 20.6. The third-order valence-electron chi connectivity index (χ3n) is 3.41. The molecule has 4 nitrogen and oxygen atoms in total. The summed E-state index contributed by atoms with van der Waals surface area (Å²) < 4.78 is 0. The molecule has 1 aromatic heterocycles. The Hall–Kier alpha value is -0.940. The van der Waals surface area contributed by atoms with Gasteiger partial charge in [0.05, 0.1) is 6.61 Å². The summed E-state index contributed by atoms with van der Waals surface area (Å²) in [5.74, 6) is 0.627. The highest BCUT2D eigenvalue weighted by atomic mass is 32.2. The minimum absolute atomic E-state index is 0.0683. The molecule has 0 bridgehead atoms. The van der Waals surface area contributed by atoms with E-state index < -0.39 is 0 Å². The maximum Gasteiger partial charge on any atom is 0.189 e. The molecule has 0 aromatic carbocycles. The molecule has 2 rings (SSSR count). The summed E-state index contributed by atoms with van der Waals surface area (Å²) in [4.78, 5) is 13.2. The molecule has 0 unspecified atom stereocenters. The van der Waals surface area contributed by atoms with Crippen LogP contribution in [0.15, 0.2) is 16.3 Å². The fraction of sp³-hybridized carbons (Fsp3) is 0.615. The Balaban J connectivity index is 2.40. The van der Waals surface area contributed by atoms with Crippen LogP contribution in [0.1, 0.15) is 38.7 Å². The van der Waals surface area contributed by atoms with Crippen molar-refractivity contribution in [3.8, 4) is 0 Å². The van der Waals surface area contributed by atoms with Crippen LogP contribution < -0.4 is 0 Å². The van der Waals surface area contributed by atoms with E-state index >= 15 is 0 Å². The van der Waals surface area contributed by atoms with Gasteiger partial charge in [0.2, 0.25) is 0 Å². The van der Waals surface area contributed by atoms with Gasteiger partial charge in [0.1, 0.15) is 0 Å². The lowest BCUT2D eigenvalue weighted by Crippen LogP contribution is -2.16. The molecule has 18 heavy (non-hydrogen) atoms. The van der Waals surface area contributed by atoms with Gasteiger partial charge in [-0.15, -0.1) is 0 Å². The maximum atomic E-state index is 9.33. The van der Waals surface area contributed by atoms with Crippen LogP contribution in [0.4, 0.5) is 5.82 Å². The Kier molecular flexibility index (Phi) is 4.02. The van der Waals surface area contributed by atoms with Crippen molar-refractivity contribution in [2.45, 2.75) is 44.9 Å². The highest BCUT2D eigenvalue weighted by Gasteiger charge is 2.30. The van der Waals surface area contributed by atoms with Crippen LogP contribution in [-0.2, 0) is 6.61 Å². The number of hydrogen-bond donors (Lipinski definition) is 1. The predicted molar refractivity (Wildman–Crippen MR) is 74.5 cm³/mol. The summed E-state index contributed by atoms with van der Waals surface area (Å²) in [6.45, 7) is 4.36. The smallest absolute Gasteiger partial charge is 0.189 e. The first-order chi connectivity index (χ1) is 8.56. The van der Waals surface area contributed by atoms with E-state index in [2.05, 4.69) is 28.8 Å². The fourth-order valence-electron chi connectivity index (χ4n) is 2.20. The summed E-state index contributed by atoms with van der Waals surface area (Å²) in [6, 6.07) is 0. The second kappa shape index (κ2) is 5.36. The third kappa shape index (κ3) is 2.72. The quantitative estimate of drug-likeness (QED) is 0.674. The largest absolute Gasteiger partial charge is 0.391 e. The van der Waals surface area contributed by atoms with Crippen LogP contribution in [0.5, 0.6) is 0 Å². The number of aliphatic imine (C=N–C) groups is 1. The minimum Gasteiger partial charge on any atom is -0.391 e. The molecule has 1 fully saturated rings. The van der Waals surface area contributed by atoms with E-state index in [0.29, 0.717) is 16.5 Å². The Bertz CT molecular complexity index is 471. The second-order valence-corrected chi connectivity index (χ2v) is 5.93. The van der Waals surface area contributed by atoms with Crippen LogP contribution in [0, 0.1) is 5.41 Å². The van der Waals surface area contributed by atoms with Gasteiger partial charge in [-0.25, -0.2) is 15.0 Å². The monoisotopic (exact) mass is 265 g/mol. The van der Waals surface area contributed by atoms with E-state index in [0.717, 1.165) is 6.42 Å². The first-order valence-corrected chi connectivity index (χ1v) is 7.38. The summed E-state index contributed by atoms with van der Waals surface area (Å²) in [5.41, 5.74) is 2.03. The highest BCUT2D eigenvalue weighted by molar-refractivity contribution is 7.98. The standard InChI is InChI=1S/C13H19N3OS/c1-13(2)6-4-5-10(13)15-11-9(8-17)7-14-12(16-11)18-3/h7,17H,4-6,8H2,1-3H3/b15-10+. The Morgan fingerprint density at radius 1 is 1.50 bits per heavy atom. The van der Waals surface area contributed by atoms with Gasteiger partial charge in [-0.3, -0.25) is 0 Å². The zero-order valence-electron chi connectivity index (χ0n) is 11.1. The van der Waals surface area contributed by atoms with E-state index in [1.807, 2.05) is 6.26 Å². The molecule has 1 aliphatic carbocycles. The number of nitrogens with zero attached hydrogens (tertiary/aromatic N) is 3. The predicted octanol–water partition coefficient (Wildman–Crippen LogP) is 2.97. The van der Waals surface area contributed by atoms with Gasteiger partial charge < -0.3 is 5.11 Å². The lowest BCUT2D eigenvalue weighted by molar-refractivity contribution is 0.281. The van der Waals surface area contributed by atoms with E-state index in [4.69, 9.17) is 0 Å². The maximum absolute atomic E-state index is 9.33. The molecule has 1 aromatic rings. The number of aromatic nitrogens is 2. The molecule has 0 aliphatic heterocycles. The Labute approximate surface area is 112 Å². The number of aliphatic hydroxyl groups excluding tert-OH is 1. The Morgan fingerprint density at radius 3 is 2.83 bits per heavy atom. The van der Waals surface area contributed by atoms with Crippen molar-refractivity contribution in [1.29, 1.82) is 0 Å². The zero-order chi connectivity index (χ0) is 13.2. The van der Waals surface area contributed by atoms with Crippen molar-refractivity contribution in [1.82, 2.24) is 9.97 Å². The number of hydrogen-bond acceptors (Lipinski definition) is 5. The number of aliphatic hydroxyl groups is 1. The number of thioether (sulfide) groups is 1. The fourth-order valence-corrected chi connectivity index (χ4v) is 2.54. The zero-order valence-corrected chi connectivity index (χ0v) is 11.9. The molecule has 1 aliphatic rings. The van der Waals surface area contributed by atoms with Crippen LogP contribution in [0.25, 0.3) is 0 Å². The average molecular weight is 265 g/mol. The summed E-state index contributed by atoms with van der Waals surface area (Å²) >= 11 is 1.49. The van der Waals surface area contributed by atoms with Gasteiger partial charge in [0.25, 0.3) is 0 Å². The van der Waals surface area contributed by atoms with Crippen LogP contribution >= 0.6 is 11.8 Å². The molecule has 0 radical (unpaired) electrons. The minimum atomic E-state index is -0.0683. The first-order valence-electron chi connectivity index (χ1n) is 6.15. The molecule has 0 spiro atoms. The van der Waals surface area contributed by atoms with Gasteiger partial charge in [-0.1, -0.05) is 25.6 Å². The molecular formula is C13H19N3OS. The Morgan fingerprint density at radius 2 is 2.28 bits per heavy atom. The summed E-state index contributed by atoms with van der Waals surface area (Å²) in [6.07, 6.45) is 6.97. The van der Waals surface area contributed by atoms with Crippen molar-refractivity contribution in [2.24, 2.45) is 10.4 Å².